The summed E-state index contributed by atoms with van der Waals surface area (Å²) >= 11 is 0. The Labute approximate surface area is 270 Å². The minimum Gasteiger partial charge on any atom is -0.454 e. The Morgan fingerprint density at radius 2 is 1.70 bits per heavy atom. The van der Waals surface area contributed by atoms with Crippen LogP contribution in [0.1, 0.15) is 45.6 Å². The van der Waals surface area contributed by atoms with Crippen molar-refractivity contribution < 1.29 is 18.7 Å². The molecule has 8 nitrogen and oxygen atoms in total. The topological polar surface area (TPSA) is 95.6 Å². The summed E-state index contributed by atoms with van der Waals surface area (Å²) in [6.07, 6.45) is 3.99. The SMILES string of the molecule is CC(C)(C)OC(=O)NC1(c2ccc(-c3c(-c4ccccc4)oc4c(ccc5c4cnn5COCC[Si](C)(C)C)c3=O)cc2)CCC1. The third-order valence-corrected chi connectivity index (χ3v) is 10.3. The summed E-state index contributed by atoms with van der Waals surface area (Å²) in [5, 5.41) is 8.96. The van der Waals surface area contributed by atoms with Crippen LogP contribution in [0.3, 0.4) is 0 Å². The number of hydrogen-bond acceptors (Lipinski definition) is 6. The predicted octanol–water partition coefficient (Wildman–Crippen LogP) is 8.69. The van der Waals surface area contributed by atoms with E-state index in [-0.39, 0.29) is 5.43 Å². The van der Waals surface area contributed by atoms with Gasteiger partial charge in [0.15, 0.2) is 0 Å². The van der Waals surface area contributed by atoms with Crippen LogP contribution in [0.2, 0.25) is 25.7 Å². The molecule has 0 unspecified atom stereocenters. The molecule has 0 radical (unpaired) electrons. The number of carbonyl (C=O) groups is 1. The highest BCUT2D eigenvalue weighted by Gasteiger charge is 2.41. The van der Waals surface area contributed by atoms with Crippen LogP contribution in [-0.2, 0) is 21.7 Å². The number of alkyl carbamates (subject to hydrolysis) is 1. The molecule has 2 heterocycles. The molecule has 240 valence electrons. The number of fused-ring (bicyclic) bond motifs is 3. The van der Waals surface area contributed by atoms with Crippen molar-refractivity contribution in [3.63, 3.8) is 0 Å². The number of nitrogens with zero attached hydrogens (tertiary/aromatic N) is 2. The number of hydrogen-bond donors (Lipinski definition) is 1. The molecule has 0 bridgehead atoms. The van der Waals surface area contributed by atoms with Crippen LogP contribution < -0.4 is 10.7 Å². The normalized spacial score (nSPS) is 14.7. The number of nitrogens with one attached hydrogen (secondary N) is 1. The second-order valence-electron chi connectivity index (χ2n) is 14.5. The molecule has 0 aliphatic heterocycles. The number of aromatic nitrogens is 2. The fourth-order valence-electron chi connectivity index (χ4n) is 5.97. The van der Waals surface area contributed by atoms with E-state index in [1.165, 1.54) is 0 Å². The molecular formula is C37H43N3O5Si. The van der Waals surface area contributed by atoms with Crippen LogP contribution in [0.5, 0.6) is 0 Å². The van der Waals surface area contributed by atoms with E-state index < -0.39 is 25.3 Å². The number of rotatable bonds is 9. The minimum absolute atomic E-state index is 0.112. The molecule has 0 atom stereocenters. The average molecular weight is 638 g/mol. The molecule has 9 heteroatoms. The van der Waals surface area contributed by atoms with Crippen molar-refractivity contribution in [3.8, 4) is 22.5 Å². The lowest BCUT2D eigenvalue weighted by molar-refractivity contribution is 0.0377. The highest BCUT2D eigenvalue weighted by atomic mass is 28.3. The van der Waals surface area contributed by atoms with Gasteiger partial charge in [0.1, 0.15) is 23.7 Å². The van der Waals surface area contributed by atoms with Gasteiger partial charge in [-0.3, -0.25) is 4.79 Å². The monoisotopic (exact) mass is 637 g/mol. The van der Waals surface area contributed by atoms with E-state index in [1.54, 1.807) is 6.20 Å². The van der Waals surface area contributed by atoms with Crippen molar-refractivity contribution in [2.24, 2.45) is 0 Å². The molecule has 0 spiro atoms. The number of amides is 1. The van der Waals surface area contributed by atoms with Gasteiger partial charge in [-0.2, -0.15) is 5.10 Å². The van der Waals surface area contributed by atoms with Gasteiger partial charge < -0.3 is 19.2 Å². The zero-order valence-electron chi connectivity index (χ0n) is 27.6. The Hall–Kier alpha value is -4.21. The van der Waals surface area contributed by atoms with Crippen LogP contribution in [-0.4, -0.2) is 36.2 Å². The fourth-order valence-corrected chi connectivity index (χ4v) is 6.72. The molecule has 1 aliphatic carbocycles. The Morgan fingerprint density at radius 1 is 0.978 bits per heavy atom. The maximum atomic E-state index is 14.3. The van der Waals surface area contributed by atoms with Crippen molar-refractivity contribution in [3.05, 3.63) is 88.7 Å². The molecule has 1 N–H and O–H groups in total. The summed E-state index contributed by atoms with van der Waals surface area (Å²) in [5.41, 5.74) is 3.21. The van der Waals surface area contributed by atoms with Crippen LogP contribution in [0.15, 0.2) is 82.1 Å². The van der Waals surface area contributed by atoms with Gasteiger partial charge in [0.2, 0.25) is 5.43 Å². The lowest BCUT2D eigenvalue weighted by Gasteiger charge is -2.43. The standard InChI is InChI=1S/C37H43N3O5Si/c1-36(2,3)45-35(42)39-37(19-10-20-37)27-15-13-25(14-16-27)31-32(41)28-17-18-30-29(23-38-40(30)24-43-21-22-46(4,5)6)34(28)44-33(31)26-11-8-7-9-12-26/h7-9,11-18,23H,10,19-22,24H2,1-6H3,(H,39,42). The zero-order valence-corrected chi connectivity index (χ0v) is 28.6. The van der Waals surface area contributed by atoms with Crippen LogP contribution in [0.25, 0.3) is 44.3 Å². The molecule has 3 aromatic carbocycles. The van der Waals surface area contributed by atoms with Gasteiger partial charge in [0, 0.05) is 20.2 Å². The summed E-state index contributed by atoms with van der Waals surface area (Å²) in [4.78, 5) is 27.0. The van der Waals surface area contributed by atoms with Gasteiger partial charge in [-0.15, -0.1) is 0 Å². The quantitative estimate of drug-likeness (QED) is 0.128. The minimum atomic E-state index is -1.20. The number of carbonyl (C=O) groups excluding carboxylic acids is 1. The first kappa shape index (κ1) is 31.8. The maximum Gasteiger partial charge on any atom is 0.408 e. The van der Waals surface area contributed by atoms with E-state index in [2.05, 4.69) is 30.1 Å². The number of benzene rings is 3. The zero-order chi connectivity index (χ0) is 32.7. The first-order valence-electron chi connectivity index (χ1n) is 16.0. The molecule has 2 aromatic heterocycles. The summed E-state index contributed by atoms with van der Waals surface area (Å²) in [6.45, 7) is 13.6. The molecule has 46 heavy (non-hydrogen) atoms. The molecule has 1 fully saturated rings. The smallest absolute Gasteiger partial charge is 0.408 e. The van der Waals surface area contributed by atoms with Gasteiger partial charge in [0.05, 0.1) is 33.6 Å². The summed E-state index contributed by atoms with van der Waals surface area (Å²) < 4.78 is 20.0. The van der Waals surface area contributed by atoms with E-state index in [9.17, 15) is 9.59 Å². The van der Waals surface area contributed by atoms with Gasteiger partial charge in [0.25, 0.3) is 0 Å². The Bertz CT molecular complexity index is 1930. The molecule has 1 aliphatic rings. The maximum absolute atomic E-state index is 14.3. The lowest BCUT2D eigenvalue weighted by atomic mass is 9.71. The third kappa shape index (κ3) is 6.52. The highest BCUT2D eigenvalue weighted by Crippen LogP contribution is 2.43. The highest BCUT2D eigenvalue weighted by molar-refractivity contribution is 6.76. The van der Waals surface area contributed by atoms with Crippen molar-refractivity contribution in [1.29, 1.82) is 0 Å². The fraction of sp³-hybridized carbons (Fsp3) is 0.378. The van der Waals surface area contributed by atoms with Gasteiger partial charge in [-0.05, 0) is 69.3 Å². The second-order valence-corrected chi connectivity index (χ2v) is 20.1. The van der Waals surface area contributed by atoms with Crippen LogP contribution in [0.4, 0.5) is 4.79 Å². The first-order chi connectivity index (χ1) is 21.8. The van der Waals surface area contributed by atoms with E-state index >= 15 is 0 Å². The Balaban J connectivity index is 1.38. The molecular weight excluding hydrogens is 595 g/mol. The molecule has 5 aromatic rings. The molecule has 6 rings (SSSR count). The van der Waals surface area contributed by atoms with Crippen molar-refractivity contribution >= 4 is 36.0 Å². The lowest BCUT2D eigenvalue weighted by Crippen LogP contribution is -2.52. The van der Waals surface area contributed by atoms with Crippen LogP contribution in [0, 0.1) is 0 Å². The Morgan fingerprint density at radius 3 is 2.33 bits per heavy atom. The average Bonchev–Trinajstić information content (AvgIpc) is 3.40. The molecule has 1 saturated carbocycles. The van der Waals surface area contributed by atoms with E-state index in [0.29, 0.717) is 35.6 Å². The Kier molecular flexibility index (Phi) is 8.41. The summed E-state index contributed by atoms with van der Waals surface area (Å²) in [6, 6.07) is 22.4. The van der Waals surface area contributed by atoms with Crippen molar-refractivity contribution in [2.45, 2.75) is 83.6 Å². The molecule has 1 amide bonds. The summed E-state index contributed by atoms with van der Waals surface area (Å²) in [5.74, 6) is 0.503. The van der Waals surface area contributed by atoms with E-state index in [1.807, 2.05) is 92.2 Å². The van der Waals surface area contributed by atoms with Gasteiger partial charge in [-0.1, -0.05) is 74.2 Å². The van der Waals surface area contributed by atoms with E-state index in [0.717, 1.165) is 52.9 Å². The van der Waals surface area contributed by atoms with Crippen molar-refractivity contribution in [2.75, 3.05) is 6.61 Å². The number of ether oxygens (including phenoxy) is 2. The van der Waals surface area contributed by atoms with Gasteiger partial charge in [-0.25, -0.2) is 9.48 Å². The van der Waals surface area contributed by atoms with Crippen molar-refractivity contribution in [1.82, 2.24) is 15.1 Å². The first-order valence-corrected chi connectivity index (χ1v) is 19.7. The largest absolute Gasteiger partial charge is 0.454 e. The van der Waals surface area contributed by atoms with Gasteiger partial charge >= 0.3 is 6.09 Å². The molecule has 0 saturated heterocycles. The second kappa shape index (κ2) is 12.2. The predicted molar refractivity (Wildman–Crippen MR) is 186 cm³/mol. The van der Waals surface area contributed by atoms with E-state index in [4.69, 9.17) is 13.9 Å². The van der Waals surface area contributed by atoms with Crippen LogP contribution >= 0.6 is 0 Å². The third-order valence-electron chi connectivity index (χ3n) is 8.60. The summed E-state index contributed by atoms with van der Waals surface area (Å²) in [7, 11) is -1.20.